The molecule has 0 saturated carbocycles. The van der Waals surface area contributed by atoms with Gasteiger partial charge in [0.1, 0.15) is 18.2 Å². The molecule has 0 aromatic heterocycles. The minimum absolute atomic E-state index is 0.0113. The summed E-state index contributed by atoms with van der Waals surface area (Å²) in [6.07, 6.45) is 1.51. The molecule has 0 bridgehead atoms. The van der Waals surface area contributed by atoms with Crippen LogP contribution < -0.4 is 14.8 Å². The van der Waals surface area contributed by atoms with E-state index >= 15 is 0 Å². The van der Waals surface area contributed by atoms with Crippen molar-refractivity contribution in [1.29, 1.82) is 5.26 Å². The van der Waals surface area contributed by atoms with Crippen molar-refractivity contribution in [3.8, 4) is 17.6 Å². The first kappa shape index (κ1) is 21.2. The number of nitriles is 1. The third-order valence-corrected chi connectivity index (χ3v) is 5.01. The number of hydrogen-bond donors (Lipinski definition) is 1. The number of methoxy groups -OCH3 is 1. The highest BCUT2D eigenvalue weighted by Crippen LogP contribution is 2.30. The van der Waals surface area contributed by atoms with Crippen molar-refractivity contribution in [2.24, 2.45) is 0 Å². The standard InChI is InChI=1S/C24H19BrN2O3/c1-29-23-14-17(11-12-22(23)30-16-18-7-5-6-10-21(18)25)13-19(15-26)24(28)27-20-8-3-2-4-9-20/h2-14H,16H2,1H3,(H,27,28)/b19-13+. The first-order valence-electron chi connectivity index (χ1n) is 9.13. The summed E-state index contributed by atoms with van der Waals surface area (Å²) >= 11 is 3.50. The Morgan fingerprint density at radius 1 is 1.07 bits per heavy atom. The Labute approximate surface area is 183 Å². The van der Waals surface area contributed by atoms with E-state index in [-0.39, 0.29) is 5.57 Å². The van der Waals surface area contributed by atoms with Crippen molar-refractivity contribution in [1.82, 2.24) is 0 Å². The van der Waals surface area contributed by atoms with Crippen molar-refractivity contribution >= 4 is 33.6 Å². The first-order valence-corrected chi connectivity index (χ1v) is 9.92. The number of nitrogens with zero attached hydrogens (tertiary/aromatic N) is 1. The Bertz CT molecular complexity index is 1100. The Morgan fingerprint density at radius 2 is 1.80 bits per heavy atom. The topological polar surface area (TPSA) is 71.3 Å². The van der Waals surface area contributed by atoms with E-state index in [1.165, 1.54) is 6.08 Å². The number of nitrogens with one attached hydrogen (secondary N) is 1. The van der Waals surface area contributed by atoms with E-state index in [9.17, 15) is 10.1 Å². The lowest BCUT2D eigenvalue weighted by molar-refractivity contribution is -0.112. The second kappa shape index (κ2) is 10.3. The molecule has 0 aliphatic carbocycles. The van der Waals surface area contributed by atoms with Gasteiger partial charge in [-0.3, -0.25) is 4.79 Å². The average molecular weight is 463 g/mol. The van der Waals surface area contributed by atoms with Gasteiger partial charge in [-0.1, -0.05) is 58.4 Å². The van der Waals surface area contributed by atoms with Gasteiger partial charge in [0, 0.05) is 15.7 Å². The lowest BCUT2D eigenvalue weighted by atomic mass is 10.1. The van der Waals surface area contributed by atoms with Crippen LogP contribution >= 0.6 is 15.9 Å². The highest BCUT2D eigenvalue weighted by molar-refractivity contribution is 9.10. The van der Waals surface area contributed by atoms with Crippen LogP contribution in [0.2, 0.25) is 0 Å². The van der Waals surface area contributed by atoms with E-state index < -0.39 is 5.91 Å². The minimum Gasteiger partial charge on any atom is -0.493 e. The maximum atomic E-state index is 12.4. The summed E-state index contributed by atoms with van der Waals surface area (Å²) in [6.45, 7) is 0.371. The minimum atomic E-state index is -0.475. The number of halogens is 1. The lowest BCUT2D eigenvalue weighted by Gasteiger charge is -2.12. The van der Waals surface area contributed by atoms with E-state index in [1.54, 1.807) is 37.4 Å². The lowest BCUT2D eigenvalue weighted by Crippen LogP contribution is -2.13. The quantitative estimate of drug-likeness (QED) is 0.367. The van der Waals surface area contributed by atoms with E-state index in [2.05, 4.69) is 21.2 Å². The number of hydrogen-bond acceptors (Lipinski definition) is 4. The monoisotopic (exact) mass is 462 g/mol. The number of carbonyl (C=O) groups excluding carboxylic acids is 1. The van der Waals surface area contributed by atoms with Crippen LogP contribution in [0.25, 0.3) is 6.08 Å². The molecular weight excluding hydrogens is 444 g/mol. The molecule has 0 unspecified atom stereocenters. The van der Waals surface area contributed by atoms with Crippen LogP contribution in [0, 0.1) is 11.3 Å². The first-order chi connectivity index (χ1) is 14.6. The van der Waals surface area contributed by atoms with Crippen molar-refractivity contribution in [3.05, 3.63) is 94.0 Å². The van der Waals surface area contributed by atoms with Gasteiger partial charge in [0.15, 0.2) is 11.5 Å². The van der Waals surface area contributed by atoms with Gasteiger partial charge < -0.3 is 14.8 Å². The molecule has 5 nitrogen and oxygen atoms in total. The summed E-state index contributed by atoms with van der Waals surface area (Å²) in [7, 11) is 1.54. The van der Waals surface area contributed by atoms with E-state index in [4.69, 9.17) is 9.47 Å². The van der Waals surface area contributed by atoms with Crippen LogP contribution in [0.1, 0.15) is 11.1 Å². The predicted octanol–water partition coefficient (Wildman–Crippen LogP) is 5.58. The van der Waals surface area contributed by atoms with Gasteiger partial charge in [0.25, 0.3) is 5.91 Å². The third kappa shape index (κ3) is 5.49. The van der Waals surface area contributed by atoms with Crippen LogP contribution in [0.4, 0.5) is 5.69 Å². The predicted molar refractivity (Wildman–Crippen MR) is 120 cm³/mol. The summed E-state index contributed by atoms with van der Waals surface area (Å²) in [6, 6.07) is 24.0. The molecule has 0 fully saturated rings. The molecule has 0 atom stereocenters. The number of benzene rings is 3. The van der Waals surface area contributed by atoms with Gasteiger partial charge in [0.2, 0.25) is 0 Å². The molecule has 0 radical (unpaired) electrons. The SMILES string of the molecule is COc1cc(/C=C(\C#N)C(=O)Nc2ccccc2)ccc1OCc1ccccc1Br. The van der Waals surface area contributed by atoms with Gasteiger partial charge in [-0.2, -0.15) is 5.26 Å². The smallest absolute Gasteiger partial charge is 0.266 e. The number of amides is 1. The summed E-state index contributed by atoms with van der Waals surface area (Å²) in [5.41, 5.74) is 2.27. The molecule has 30 heavy (non-hydrogen) atoms. The van der Waals surface area contributed by atoms with Crippen LogP contribution in [0.15, 0.2) is 82.8 Å². The second-order valence-corrected chi connectivity index (χ2v) is 7.13. The number of anilines is 1. The maximum absolute atomic E-state index is 12.4. The van der Waals surface area contributed by atoms with E-state index in [0.717, 1.165) is 10.0 Å². The Morgan fingerprint density at radius 3 is 2.50 bits per heavy atom. The Balaban J connectivity index is 1.76. The van der Waals surface area contributed by atoms with E-state index in [1.807, 2.05) is 48.5 Å². The highest BCUT2D eigenvalue weighted by Gasteiger charge is 2.11. The van der Waals surface area contributed by atoms with Gasteiger partial charge in [-0.25, -0.2) is 0 Å². The van der Waals surface area contributed by atoms with Crippen LogP contribution in [0.3, 0.4) is 0 Å². The summed E-state index contributed by atoms with van der Waals surface area (Å²) < 4.78 is 12.3. The van der Waals surface area contributed by atoms with Crippen molar-refractivity contribution in [2.45, 2.75) is 6.61 Å². The summed E-state index contributed by atoms with van der Waals surface area (Å²) in [4.78, 5) is 12.4. The molecule has 6 heteroatoms. The molecule has 0 heterocycles. The molecule has 150 valence electrons. The molecule has 1 amide bonds. The average Bonchev–Trinajstić information content (AvgIpc) is 2.77. The third-order valence-electron chi connectivity index (χ3n) is 4.24. The van der Waals surface area contributed by atoms with E-state index in [0.29, 0.717) is 29.4 Å². The fourth-order valence-electron chi connectivity index (χ4n) is 2.70. The normalized spacial score (nSPS) is 10.8. The highest BCUT2D eigenvalue weighted by atomic mass is 79.9. The van der Waals surface area contributed by atoms with Crippen molar-refractivity contribution < 1.29 is 14.3 Å². The maximum Gasteiger partial charge on any atom is 0.266 e. The zero-order valence-electron chi connectivity index (χ0n) is 16.3. The molecular formula is C24H19BrN2O3. The fraction of sp³-hybridized carbons (Fsp3) is 0.0833. The Hall–Kier alpha value is -3.56. The number of para-hydroxylation sites is 1. The Kier molecular flexibility index (Phi) is 7.25. The molecule has 1 N–H and O–H groups in total. The molecule has 3 aromatic carbocycles. The molecule has 3 rings (SSSR count). The number of carbonyl (C=O) groups is 1. The summed E-state index contributed by atoms with van der Waals surface area (Å²) in [5.74, 6) is 0.603. The summed E-state index contributed by atoms with van der Waals surface area (Å²) in [5, 5.41) is 12.1. The molecule has 3 aromatic rings. The van der Waals surface area contributed by atoms with Crippen molar-refractivity contribution in [3.63, 3.8) is 0 Å². The number of rotatable bonds is 7. The van der Waals surface area contributed by atoms with Crippen LogP contribution in [0.5, 0.6) is 11.5 Å². The van der Waals surface area contributed by atoms with Gasteiger partial charge >= 0.3 is 0 Å². The van der Waals surface area contributed by atoms with Crippen LogP contribution in [-0.2, 0) is 11.4 Å². The van der Waals surface area contributed by atoms with Crippen molar-refractivity contribution in [2.75, 3.05) is 12.4 Å². The number of ether oxygens (including phenoxy) is 2. The molecule has 0 spiro atoms. The van der Waals surface area contributed by atoms with Gasteiger partial charge in [-0.05, 0) is 42.0 Å². The fourth-order valence-corrected chi connectivity index (χ4v) is 3.10. The van der Waals surface area contributed by atoms with Gasteiger partial charge in [0.05, 0.1) is 7.11 Å². The largest absolute Gasteiger partial charge is 0.493 e. The van der Waals surface area contributed by atoms with Gasteiger partial charge in [-0.15, -0.1) is 0 Å². The zero-order chi connectivity index (χ0) is 21.3. The molecule has 0 saturated heterocycles. The van der Waals surface area contributed by atoms with Crippen LogP contribution in [-0.4, -0.2) is 13.0 Å². The zero-order valence-corrected chi connectivity index (χ0v) is 17.8. The molecule has 0 aliphatic rings. The second-order valence-electron chi connectivity index (χ2n) is 6.28. The molecule has 0 aliphatic heterocycles.